The van der Waals surface area contributed by atoms with Crippen LogP contribution < -0.4 is 4.73 Å². The number of aromatic nitrogens is 1. The Labute approximate surface area is 154 Å². The summed E-state index contributed by atoms with van der Waals surface area (Å²) >= 11 is 12.2. The van der Waals surface area contributed by atoms with Gasteiger partial charge in [-0.15, -0.1) is 0 Å². The maximum Gasteiger partial charge on any atom is 0.223 e. The summed E-state index contributed by atoms with van der Waals surface area (Å²) in [7, 11) is 0. The van der Waals surface area contributed by atoms with Gasteiger partial charge in [-0.05, 0) is 43.3 Å². The van der Waals surface area contributed by atoms with E-state index in [9.17, 15) is 5.21 Å². The van der Waals surface area contributed by atoms with E-state index in [1.807, 2.05) is 37.3 Å². The first-order chi connectivity index (χ1) is 11.9. The highest BCUT2D eigenvalue weighted by atomic mass is 35.5. The van der Waals surface area contributed by atoms with Gasteiger partial charge < -0.3 is 10.0 Å². The number of benzene rings is 2. The topological polar surface area (TPSA) is 48.5 Å². The normalized spacial score (nSPS) is 19.7. The molecule has 3 aromatic rings. The molecule has 1 aliphatic heterocycles. The number of halogens is 2. The predicted octanol–water partition coefficient (Wildman–Crippen LogP) is 4.82. The number of nitrogens with zero attached hydrogens (tertiary/aromatic N) is 2. The van der Waals surface area contributed by atoms with Crippen molar-refractivity contribution in [3.63, 3.8) is 0 Å². The van der Waals surface area contributed by atoms with Gasteiger partial charge in [0.15, 0.2) is 11.8 Å². The summed E-state index contributed by atoms with van der Waals surface area (Å²) in [4.78, 5) is 5.74. The van der Waals surface area contributed by atoms with Crippen LogP contribution in [-0.4, -0.2) is 5.71 Å². The van der Waals surface area contributed by atoms with Gasteiger partial charge in [0.2, 0.25) is 5.52 Å². The number of oxime groups is 1. The molecule has 25 heavy (non-hydrogen) atoms. The molecule has 1 atom stereocenters. The lowest BCUT2D eigenvalue weighted by Gasteiger charge is -2.22. The zero-order valence-corrected chi connectivity index (χ0v) is 14.9. The number of hydrogen-bond donors (Lipinski definition) is 0. The molecule has 126 valence electrons. The first kappa shape index (κ1) is 16.2. The highest BCUT2D eigenvalue weighted by Gasteiger charge is 2.37. The highest BCUT2D eigenvalue weighted by Crippen LogP contribution is 2.38. The Kier molecular flexibility index (Phi) is 3.82. The first-order valence-corrected chi connectivity index (χ1v) is 8.54. The van der Waals surface area contributed by atoms with Gasteiger partial charge in [-0.3, -0.25) is 0 Å². The SMILES string of the molecule is CC1(c2cc(Cl)cc(Cl)c2)CC(c2ccc3c(ccc[n+]3[O-])c2)=NO1. The van der Waals surface area contributed by atoms with Gasteiger partial charge in [-0.1, -0.05) is 28.4 Å². The third-order valence-corrected chi connectivity index (χ3v) is 4.87. The molecule has 0 bridgehead atoms. The molecule has 0 spiro atoms. The van der Waals surface area contributed by atoms with Crippen LogP contribution in [0.25, 0.3) is 10.9 Å². The molecule has 4 nitrogen and oxygen atoms in total. The Morgan fingerprint density at radius 2 is 1.88 bits per heavy atom. The molecule has 1 aliphatic rings. The molecule has 1 aromatic heterocycles. The fourth-order valence-corrected chi connectivity index (χ4v) is 3.61. The van der Waals surface area contributed by atoms with Crippen LogP contribution in [0, 0.1) is 5.21 Å². The zero-order valence-electron chi connectivity index (χ0n) is 13.4. The number of pyridine rings is 1. The van der Waals surface area contributed by atoms with Gasteiger partial charge in [0.25, 0.3) is 0 Å². The molecule has 4 rings (SSSR count). The van der Waals surface area contributed by atoms with Crippen LogP contribution in [0.5, 0.6) is 0 Å². The molecule has 0 fully saturated rings. The Bertz CT molecular complexity index is 999. The van der Waals surface area contributed by atoms with Crippen molar-refractivity contribution in [2.75, 3.05) is 0 Å². The standard InChI is InChI=1S/C19H14Cl2N2O2/c1-19(14-8-15(20)10-16(21)9-14)11-17(22-25-19)12-4-5-18-13(7-12)3-2-6-23(18)24/h2-10H,11H2,1H3. The van der Waals surface area contributed by atoms with E-state index in [4.69, 9.17) is 28.0 Å². The fourth-order valence-electron chi connectivity index (χ4n) is 3.08. The molecular weight excluding hydrogens is 359 g/mol. The van der Waals surface area contributed by atoms with Crippen molar-refractivity contribution in [1.82, 2.24) is 0 Å². The Morgan fingerprint density at radius 3 is 2.64 bits per heavy atom. The monoisotopic (exact) mass is 372 g/mol. The average molecular weight is 373 g/mol. The maximum atomic E-state index is 11.8. The number of fused-ring (bicyclic) bond motifs is 1. The lowest BCUT2D eigenvalue weighted by molar-refractivity contribution is -0.577. The van der Waals surface area contributed by atoms with Crippen molar-refractivity contribution < 1.29 is 9.57 Å². The Morgan fingerprint density at radius 1 is 1.12 bits per heavy atom. The minimum absolute atomic E-state index is 0.562. The number of hydrogen-bond acceptors (Lipinski definition) is 3. The van der Waals surface area contributed by atoms with E-state index >= 15 is 0 Å². The molecule has 0 saturated carbocycles. The molecular formula is C19H14Cl2N2O2. The molecule has 0 N–H and O–H groups in total. The van der Waals surface area contributed by atoms with E-state index in [2.05, 4.69) is 5.16 Å². The third-order valence-electron chi connectivity index (χ3n) is 4.43. The summed E-state index contributed by atoms with van der Waals surface area (Å²) in [5.41, 5.74) is 2.61. The molecule has 0 saturated heterocycles. The van der Waals surface area contributed by atoms with Crippen molar-refractivity contribution in [2.45, 2.75) is 18.9 Å². The molecule has 0 aliphatic carbocycles. The maximum absolute atomic E-state index is 11.8. The lowest BCUT2D eigenvalue weighted by atomic mass is 9.89. The minimum Gasteiger partial charge on any atom is -0.618 e. The second-order valence-electron chi connectivity index (χ2n) is 6.30. The minimum atomic E-state index is -0.631. The van der Waals surface area contributed by atoms with Crippen molar-refractivity contribution >= 4 is 39.8 Å². The molecule has 2 heterocycles. The smallest absolute Gasteiger partial charge is 0.223 e. The van der Waals surface area contributed by atoms with Crippen LogP contribution in [0.4, 0.5) is 0 Å². The van der Waals surface area contributed by atoms with Crippen LogP contribution in [0.15, 0.2) is 59.9 Å². The van der Waals surface area contributed by atoms with Crippen molar-refractivity contribution in [2.24, 2.45) is 5.16 Å². The van der Waals surface area contributed by atoms with Gasteiger partial charge in [0.1, 0.15) is 0 Å². The van der Waals surface area contributed by atoms with Crippen molar-refractivity contribution in [1.29, 1.82) is 0 Å². The summed E-state index contributed by atoms with van der Waals surface area (Å²) < 4.78 is 0.851. The van der Waals surface area contributed by atoms with Gasteiger partial charge in [-0.25, -0.2) is 0 Å². The molecule has 0 radical (unpaired) electrons. The van der Waals surface area contributed by atoms with Crippen LogP contribution in [0.2, 0.25) is 10.0 Å². The van der Waals surface area contributed by atoms with Gasteiger partial charge in [0.05, 0.1) is 5.71 Å². The van der Waals surface area contributed by atoms with Crippen molar-refractivity contribution in [3.05, 3.63) is 81.1 Å². The summed E-state index contributed by atoms with van der Waals surface area (Å²) in [6, 6.07) is 14.6. The zero-order chi connectivity index (χ0) is 17.6. The van der Waals surface area contributed by atoms with Gasteiger partial charge >= 0.3 is 0 Å². The van der Waals surface area contributed by atoms with Crippen LogP contribution in [-0.2, 0) is 10.4 Å². The second-order valence-corrected chi connectivity index (χ2v) is 7.18. The lowest BCUT2D eigenvalue weighted by Crippen LogP contribution is -2.25. The molecule has 1 unspecified atom stereocenters. The Balaban J connectivity index is 1.68. The number of rotatable bonds is 2. The summed E-state index contributed by atoms with van der Waals surface area (Å²) in [5.74, 6) is 0. The largest absolute Gasteiger partial charge is 0.618 e. The second kappa shape index (κ2) is 5.90. The van der Waals surface area contributed by atoms with Gasteiger partial charge in [0, 0.05) is 45.1 Å². The van der Waals surface area contributed by atoms with Crippen LogP contribution in [0.3, 0.4) is 0 Å². The quantitative estimate of drug-likeness (QED) is 0.478. The summed E-state index contributed by atoms with van der Waals surface area (Å²) in [5, 5.41) is 18.1. The molecule has 6 heteroatoms. The fraction of sp³-hybridized carbons (Fsp3) is 0.158. The van der Waals surface area contributed by atoms with E-state index in [0.717, 1.165) is 27.0 Å². The van der Waals surface area contributed by atoms with E-state index < -0.39 is 5.60 Å². The predicted molar refractivity (Wildman–Crippen MR) is 99.0 cm³/mol. The molecule has 2 aromatic carbocycles. The van der Waals surface area contributed by atoms with E-state index in [1.165, 1.54) is 6.20 Å². The van der Waals surface area contributed by atoms with E-state index in [-0.39, 0.29) is 0 Å². The Hall–Kier alpha value is -2.30. The van der Waals surface area contributed by atoms with E-state index in [0.29, 0.717) is 22.0 Å². The highest BCUT2D eigenvalue weighted by molar-refractivity contribution is 6.34. The molecule has 0 amide bonds. The van der Waals surface area contributed by atoms with Crippen molar-refractivity contribution in [3.8, 4) is 0 Å². The summed E-state index contributed by atoms with van der Waals surface area (Å²) in [6.07, 6.45) is 2.07. The average Bonchev–Trinajstić information content (AvgIpc) is 2.98. The van der Waals surface area contributed by atoms with Gasteiger partial charge in [-0.2, -0.15) is 4.73 Å². The third kappa shape index (κ3) is 2.92. The summed E-state index contributed by atoms with van der Waals surface area (Å²) in [6.45, 7) is 1.96. The van der Waals surface area contributed by atoms with Crippen LogP contribution >= 0.6 is 23.2 Å². The van der Waals surface area contributed by atoms with Crippen LogP contribution in [0.1, 0.15) is 24.5 Å². The first-order valence-electron chi connectivity index (χ1n) is 7.79. The van der Waals surface area contributed by atoms with E-state index in [1.54, 1.807) is 18.2 Å².